The zero-order valence-corrected chi connectivity index (χ0v) is 11.8. The summed E-state index contributed by atoms with van der Waals surface area (Å²) in [5.41, 5.74) is 0. The Morgan fingerprint density at radius 1 is 0.857 bits per heavy atom. The van der Waals surface area contributed by atoms with Crippen molar-refractivity contribution in [2.24, 2.45) is 0 Å². The summed E-state index contributed by atoms with van der Waals surface area (Å²) in [4.78, 5) is -1.28. The maximum atomic E-state index is 11.2. The van der Waals surface area contributed by atoms with Crippen LogP contribution in [0.1, 0.15) is 0 Å². The lowest BCUT2D eigenvalue weighted by atomic mass is 10.4. The molecular weight excluding hydrogens is 328 g/mol. The fourth-order valence-electron chi connectivity index (χ4n) is 1.52. The number of hydrogen-bond acceptors (Lipinski definition) is 7. The van der Waals surface area contributed by atoms with E-state index in [-0.39, 0.29) is 0 Å². The summed E-state index contributed by atoms with van der Waals surface area (Å²) >= 11 is 0. The van der Waals surface area contributed by atoms with Gasteiger partial charge in [0.1, 0.15) is 9.81 Å². The van der Waals surface area contributed by atoms with Gasteiger partial charge in [-0.1, -0.05) is 0 Å². The first-order valence-electron chi connectivity index (χ1n) is 5.34. The molecule has 0 saturated carbocycles. The monoisotopic (exact) mass is 338 g/mol. The average molecular weight is 338 g/mol. The molecule has 2 N–H and O–H groups in total. The molecule has 2 heterocycles. The molecule has 2 aliphatic rings. The summed E-state index contributed by atoms with van der Waals surface area (Å²) in [6.45, 7) is 0. The van der Waals surface area contributed by atoms with Crippen molar-refractivity contribution in [2.45, 2.75) is 12.6 Å². The van der Waals surface area contributed by atoms with E-state index in [1.54, 1.807) is 0 Å². The fourth-order valence-corrected chi connectivity index (χ4v) is 2.73. The lowest BCUT2D eigenvalue weighted by Crippen LogP contribution is -2.33. The molecule has 2 rings (SSSR count). The van der Waals surface area contributed by atoms with Crippen LogP contribution < -0.4 is 0 Å². The zero-order valence-electron chi connectivity index (χ0n) is 10.2. The van der Waals surface area contributed by atoms with Gasteiger partial charge in [-0.3, -0.25) is 13.8 Å². The van der Waals surface area contributed by atoms with Gasteiger partial charge in [0.2, 0.25) is 12.6 Å². The molecule has 116 valence electrons. The van der Waals surface area contributed by atoms with E-state index in [4.69, 9.17) is 23.3 Å². The van der Waals surface area contributed by atoms with E-state index >= 15 is 0 Å². The highest BCUT2D eigenvalue weighted by molar-refractivity contribution is 7.90. The first kappa shape index (κ1) is 15.7. The molecule has 0 aliphatic carbocycles. The van der Waals surface area contributed by atoms with E-state index in [0.717, 1.165) is 24.7 Å². The van der Waals surface area contributed by atoms with Crippen molar-refractivity contribution in [3.8, 4) is 0 Å². The standard InChI is InChI=1S/C10H10O9S2/c11-20(12,13)7-3-1-5-17-9(7)19-10-8(21(14,15)16)4-2-6-18-10/h1-6,9-10H,(H,11,12,13)(H,14,15,16). The second-order valence-electron chi connectivity index (χ2n) is 3.82. The number of allylic oxidation sites excluding steroid dienone is 4. The van der Waals surface area contributed by atoms with Crippen LogP contribution in [0.3, 0.4) is 0 Å². The van der Waals surface area contributed by atoms with Crippen LogP contribution in [-0.4, -0.2) is 38.5 Å². The Bertz CT molecular complexity index is 675. The number of ether oxygens (including phenoxy) is 3. The van der Waals surface area contributed by atoms with Crippen molar-refractivity contribution < 1.29 is 40.2 Å². The van der Waals surface area contributed by atoms with Crippen molar-refractivity contribution in [2.75, 3.05) is 0 Å². The smallest absolute Gasteiger partial charge is 0.296 e. The van der Waals surface area contributed by atoms with Gasteiger partial charge < -0.3 is 9.47 Å². The second-order valence-corrected chi connectivity index (χ2v) is 6.66. The number of hydrogen-bond donors (Lipinski definition) is 2. The normalized spacial score (nSPS) is 25.6. The Kier molecular flexibility index (Phi) is 4.20. The van der Waals surface area contributed by atoms with Crippen molar-refractivity contribution in [1.82, 2.24) is 0 Å². The Labute approximate surface area is 120 Å². The highest BCUT2D eigenvalue weighted by atomic mass is 32.2. The van der Waals surface area contributed by atoms with Crippen LogP contribution in [0.25, 0.3) is 0 Å². The molecule has 2 aliphatic heterocycles. The SMILES string of the molecule is O=S(=O)(O)C1=CC=COC1OC1OC=CC=C1S(=O)(=O)O. The fraction of sp³-hybridized carbons (Fsp3) is 0.200. The summed E-state index contributed by atoms with van der Waals surface area (Å²) in [5, 5.41) is 0. The zero-order chi connectivity index (χ0) is 15.7. The summed E-state index contributed by atoms with van der Waals surface area (Å²) in [6, 6.07) is 0. The molecule has 0 aromatic carbocycles. The van der Waals surface area contributed by atoms with Crippen LogP contribution in [0.4, 0.5) is 0 Å². The minimum atomic E-state index is -4.62. The Morgan fingerprint density at radius 2 is 1.24 bits per heavy atom. The average Bonchev–Trinajstić information content (AvgIpc) is 2.37. The molecule has 11 heteroatoms. The third-order valence-corrected chi connectivity index (χ3v) is 4.24. The van der Waals surface area contributed by atoms with Crippen molar-refractivity contribution in [3.63, 3.8) is 0 Å². The maximum Gasteiger partial charge on any atom is 0.296 e. The molecule has 0 aromatic heterocycles. The van der Waals surface area contributed by atoms with E-state index in [2.05, 4.69) is 0 Å². The Hall–Kier alpha value is -1.66. The van der Waals surface area contributed by atoms with Crippen LogP contribution in [0.2, 0.25) is 0 Å². The van der Waals surface area contributed by atoms with Crippen molar-refractivity contribution in [1.29, 1.82) is 0 Å². The molecule has 21 heavy (non-hydrogen) atoms. The Morgan fingerprint density at radius 3 is 1.57 bits per heavy atom. The minimum absolute atomic E-state index is 0.641. The first-order chi connectivity index (χ1) is 9.69. The minimum Gasteiger partial charge on any atom is -0.467 e. The van der Waals surface area contributed by atoms with Gasteiger partial charge in [0.05, 0.1) is 12.5 Å². The lowest BCUT2D eigenvalue weighted by Gasteiger charge is -2.27. The van der Waals surface area contributed by atoms with Crippen molar-refractivity contribution in [3.05, 3.63) is 46.6 Å². The second kappa shape index (κ2) is 5.61. The van der Waals surface area contributed by atoms with E-state index in [0.29, 0.717) is 0 Å². The van der Waals surface area contributed by atoms with E-state index < -0.39 is 42.6 Å². The Balaban J connectivity index is 2.26. The molecule has 2 unspecified atom stereocenters. The summed E-state index contributed by atoms with van der Waals surface area (Å²) < 4.78 is 77.5. The van der Waals surface area contributed by atoms with E-state index in [1.165, 1.54) is 12.2 Å². The molecule has 0 fully saturated rings. The summed E-state index contributed by atoms with van der Waals surface area (Å²) in [6.07, 6.45) is 3.31. The van der Waals surface area contributed by atoms with Gasteiger partial charge in [-0.15, -0.1) is 0 Å². The molecule has 0 spiro atoms. The van der Waals surface area contributed by atoms with Crippen LogP contribution >= 0.6 is 0 Å². The largest absolute Gasteiger partial charge is 0.467 e. The predicted octanol–water partition coefficient (Wildman–Crippen LogP) is 0.286. The van der Waals surface area contributed by atoms with Gasteiger partial charge in [0.25, 0.3) is 20.2 Å². The van der Waals surface area contributed by atoms with Crippen molar-refractivity contribution >= 4 is 20.2 Å². The van der Waals surface area contributed by atoms with E-state index in [1.807, 2.05) is 0 Å². The third kappa shape index (κ3) is 3.71. The molecule has 2 atom stereocenters. The molecular formula is C10H10O9S2. The summed E-state index contributed by atoms with van der Waals surface area (Å²) in [7, 11) is -9.25. The maximum absolute atomic E-state index is 11.2. The predicted molar refractivity (Wildman–Crippen MR) is 68.4 cm³/mol. The summed E-state index contributed by atoms with van der Waals surface area (Å²) in [5.74, 6) is 0. The van der Waals surface area contributed by atoms with Gasteiger partial charge in [0, 0.05) is 0 Å². The van der Waals surface area contributed by atoms with Crippen LogP contribution in [0, 0.1) is 0 Å². The van der Waals surface area contributed by atoms with Gasteiger partial charge in [-0.05, 0) is 24.3 Å². The highest BCUT2D eigenvalue weighted by Gasteiger charge is 2.35. The number of rotatable bonds is 4. The molecule has 0 radical (unpaired) electrons. The van der Waals surface area contributed by atoms with Crippen LogP contribution in [-0.2, 0) is 34.4 Å². The highest BCUT2D eigenvalue weighted by Crippen LogP contribution is 2.26. The molecule has 0 aromatic rings. The lowest BCUT2D eigenvalue weighted by molar-refractivity contribution is -0.176. The third-order valence-electron chi connectivity index (χ3n) is 2.39. The van der Waals surface area contributed by atoms with Crippen LogP contribution in [0.15, 0.2) is 46.6 Å². The van der Waals surface area contributed by atoms with Gasteiger partial charge in [-0.25, -0.2) is 0 Å². The van der Waals surface area contributed by atoms with E-state index in [9.17, 15) is 16.8 Å². The van der Waals surface area contributed by atoms with Gasteiger partial charge in [-0.2, -0.15) is 16.8 Å². The van der Waals surface area contributed by atoms with Crippen LogP contribution in [0.5, 0.6) is 0 Å². The molecule has 9 nitrogen and oxygen atoms in total. The molecule has 0 saturated heterocycles. The van der Waals surface area contributed by atoms with Gasteiger partial charge in [0.15, 0.2) is 0 Å². The molecule has 0 amide bonds. The first-order valence-corrected chi connectivity index (χ1v) is 8.22. The quantitative estimate of drug-likeness (QED) is 0.693. The topological polar surface area (TPSA) is 136 Å². The molecule has 0 bridgehead atoms. The van der Waals surface area contributed by atoms with Gasteiger partial charge >= 0.3 is 0 Å².